The molecule has 0 spiro atoms. The second-order valence-electron chi connectivity index (χ2n) is 4.82. The number of benzene rings is 1. The molecule has 23 heavy (non-hydrogen) atoms. The number of hydrogen-bond acceptors (Lipinski definition) is 7. The molecule has 0 unspecified atom stereocenters. The minimum absolute atomic E-state index is 0.0229. The molecule has 1 heterocycles. The molecule has 1 aliphatic rings. The van der Waals surface area contributed by atoms with Gasteiger partial charge in [0.1, 0.15) is 4.32 Å². The third kappa shape index (κ3) is 3.77. The minimum atomic E-state index is -1.69. The van der Waals surface area contributed by atoms with Gasteiger partial charge < -0.3 is 19.8 Å². The van der Waals surface area contributed by atoms with Crippen LogP contribution in [0.1, 0.15) is 17.5 Å². The monoisotopic (exact) mass is 349 g/mol. The van der Waals surface area contributed by atoms with Crippen molar-refractivity contribution in [1.29, 1.82) is 0 Å². The maximum Gasteiger partial charge on any atom is 0.266 e. The van der Waals surface area contributed by atoms with E-state index in [1.165, 1.54) is 0 Å². The van der Waals surface area contributed by atoms with E-state index in [1.54, 1.807) is 18.2 Å². The van der Waals surface area contributed by atoms with E-state index in [9.17, 15) is 24.6 Å². The summed E-state index contributed by atoms with van der Waals surface area (Å²) in [4.78, 5) is 35.2. The van der Waals surface area contributed by atoms with Crippen LogP contribution < -0.4 is 10.2 Å². The second kappa shape index (κ2) is 6.93. The first kappa shape index (κ1) is 17.2. The first-order valence-corrected chi connectivity index (χ1v) is 7.77. The molecule has 0 radical (unpaired) electrons. The highest BCUT2D eigenvalue weighted by Gasteiger charge is 2.37. The molecular formula is C15H11NO5S2-2. The molecule has 1 saturated heterocycles. The number of carboxylic acids is 2. The van der Waals surface area contributed by atoms with Crippen molar-refractivity contribution in [3.05, 3.63) is 40.3 Å². The fraction of sp³-hybridized carbons (Fsp3) is 0.200. The van der Waals surface area contributed by atoms with E-state index >= 15 is 0 Å². The molecule has 0 aromatic heterocycles. The van der Waals surface area contributed by atoms with E-state index in [2.05, 4.69) is 0 Å². The van der Waals surface area contributed by atoms with Gasteiger partial charge in [0.25, 0.3) is 5.91 Å². The summed E-state index contributed by atoms with van der Waals surface area (Å²) in [5, 5.41) is 21.8. The lowest BCUT2D eigenvalue weighted by Gasteiger charge is -2.27. The molecule has 1 aliphatic heterocycles. The Balaban J connectivity index is 2.34. The van der Waals surface area contributed by atoms with Gasteiger partial charge >= 0.3 is 0 Å². The largest absolute Gasteiger partial charge is 0.550 e. The first-order chi connectivity index (χ1) is 10.8. The Kier molecular flexibility index (Phi) is 5.17. The summed E-state index contributed by atoms with van der Waals surface area (Å²) in [7, 11) is 0. The van der Waals surface area contributed by atoms with Crippen LogP contribution in [-0.2, 0) is 14.4 Å². The number of amides is 1. The van der Waals surface area contributed by atoms with Gasteiger partial charge in [0.05, 0.1) is 16.9 Å². The predicted molar refractivity (Wildman–Crippen MR) is 84.6 cm³/mol. The highest BCUT2D eigenvalue weighted by molar-refractivity contribution is 8.26. The smallest absolute Gasteiger partial charge is 0.266 e. The predicted octanol–water partition coefficient (Wildman–Crippen LogP) is -0.545. The van der Waals surface area contributed by atoms with Crippen molar-refractivity contribution in [3.63, 3.8) is 0 Å². The quantitative estimate of drug-likeness (QED) is 0.519. The summed E-state index contributed by atoms with van der Waals surface area (Å²) in [6.07, 6.45) is 0.715. The number of hydrogen-bond donors (Lipinski definition) is 0. The molecule has 6 nitrogen and oxygen atoms in total. The lowest BCUT2D eigenvalue weighted by molar-refractivity contribution is -0.319. The first-order valence-electron chi connectivity index (χ1n) is 6.54. The van der Waals surface area contributed by atoms with Gasteiger partial charge in [-0.1, -0.05) is 48.2 Å². The number of aryl methyl sites for hydroxylation is 1. The Morgan fingerprint density at radius 2 is 2.00 bits per heavy atom. The molecule has 1 amide bonds. The Bertz CT molecular complexity index is 728. The minimum Gasteiger partial charge on any atom is -0.550 e. The third-order valence-electron chi connectivity index (χ3n) is 3.24. The van der Waals surface area contributed by atoms with Gasteiger partial charge in [0.15, 0.2) is 0 Å². The number of nitrogens with zero attached hydrogens (tertiary/aromatic N) is 1. The molecule has 1 aromatic carbocycles. The normalized spacial score (nSPS) is 17.6. The van der Waals surface area contributed by atoms with E-state index in [0.717, 1.165) is 27.8 Å². The van der Waals surface area contributed by atoms with Gasteiger partial charge in [-0.2, -0.15) is 0 Å². The molecule has 1 atom stereocenters. The molecule has 8 heteroatoms. The Morgan fingerprint density at radius 1 is 1.35 bits per heavy atom. The van der Waals surface area contributed by atoms with Gasteiger partial charge in [-0.3, -0.25) is 9.69 Å². The molecule has 0 saturated carbocycles. The van der Waals surface area contributed by atoms with Crippen LogP contribution in [0.3, 0.4) is 0 Å². The highest BCUT2D eigenvalue weighted by Crippen LogP contribution is 2.34. The average molecular weight is 349 g/mol. The van der Waals surface area contributed by atoms with Crippen LogP contribution in [0.25, 0.3) is 6.08 Å². The number of aliphatic carboxylic acids is 2. The molecule has 0 aliphatic carbocycles. The van der Waals surface area contributed by atoms with Gasteiger partial charge in [0.2, 0.25) is 0 Å². The highest BCUT2D eigenvalue weighted by atomic mass is 32.2. The fourth-order valence-corrected chi connectivity index (χ4v) is 3.42. The van der Waals surface area contributed by atoms with Crippen LogP contribution in [-0.4, -0.2) is 33.1 Å². The molecule has 120 valence electrons. The summed E-state index contributed by atoms with van der Waals surface area (Å²) >= 11 is 5.94. The van der Waals surface area contributed by atoms with E-state index in [4.69, 9.17) is 12.2 Å². The van der Waals surface area contributed by atoms with Crippen molar-refractivity contribution in [2.45, 2.75) is 19.4 Å². The van der Waals surface area contributed by atoms with E-state index < -0.39 is 30.3 Å². The van der Waals surface area contributed by atoms with Crippen molar-refractivity contribution in [2.75, 3.05) is 0 Å². The van der Waals surface area contributed by atoms with Crippen LogP contribution in [0.4, 0.5) is 0 Å². The second-order valence-corrected chi connectivity index (χ2v) is 6.50. The standard InChI is InChI=1S/C15H13NO5S2/c1-8-4-2-3-5-9(8)6-11-13(19)16(15(22)23-11)10(14(20)21)7-12(17)18/h2-6,10H,7H2,1H3,(H,17,18)(H,20,21)/p-2/b11-6-/t10-/m1/s1. The van der Waals surface area contributed by atoms with Crippen molar-refractivity contribution < 1.29 is 24.6 Å². The van der Waals surface area contributed by atoms with Gasteiger partial charge in [-0.05, 0) is 24.1 Å². The topological polar surface area (TPSA) is 101 Å². The molecule has 0 N–H and O–H groups in total. The number of carboxylic acid groups (broad SMARTS) is 2. The van der Waals surface area contributed by atoms with E-state index in [-0.39, 0.29) is 9.23 Å². The van der Waals surface area contributed by atoms with Crippen molar-refractivity contribution >= 4 is 52.2 Å². The summed E-state index contributed by atoms with van der Waals surface area (Å²) in [5.74, 6) is -3.95. The lowest BCUT2D eigenvalue weighted by Crippen LogP contribution is -2.52. The summed E-state index contributed by atoms with van der Waals surface area (Å²) in [6.45, 7) is 1.87. The van der Waals surface area contributed by atoms with Crippen LogP contribution in [0.15, 0.2) is 29.2 Å². The fourth-order valence-electron chi connectivity index (χ4n) is 2.08. The lowest BCUT2D eigenvalue weighted by atomic mass is 10.1. The Hall–Kier alpha value is -2.19. The zero-order chi connectivity index (χ0) is 17.1. The number of carbonyl (C=O) groups excluding carboxylic acids is 3. The summed E-state index contributed by atoms with van der Waals surface area (Å²) < 4.78 is -0.0229. The van der Waals surface area contributed by atoms with Crippen LogP contribution in [0, 0.1) is 6.92 Å². The average Bonchev–Trinajstić information content (AvgIpc) is 2.73. The summed E-state index contributed by atoms with van der Waals surface area (Å²) in [6, 6.07) is 5.64. The summed E-state index contributed by atoms with van der Waals surface area (Å²) in [5.41, 5.74) is 1.72. The maximum atomic E-state index is 12.4. The Labute approximate surface area is 141 Å². The maximum absolute atomic E-state index is 12.4. The SMILES string of the molecule is Cc1ccccc1/C=C1\SC(=S)N([C@H](CC(=O)[O-])C(=O)[O-])C1=O. The van der Waals surface area contributed by atoms with E-state index in [0.29, 0.717) is 0 Å². The molecule has 0 bridgehead atoms. The zero-order valence-electron chi connectivity index (χ0n) is 12.0. The van der Waals surface area contributed by atoms with Crippen molar-refractivity contribution in [2.24, 2.45) is 0 Å². The number of rotatable bonds is 5. The zero-order valence-corrected chi connectivity index (χ0v) is 13.6. The van der Waals surface area contributed by atoms with Crippen LogP contribution in [0.2, 0.25) is 0 Å². The van der Waals surface area contributed by atoms with Gasteiger partial charge in [-0.15, -0.1) is 0 Å². The number of thiocarbonyl (C=S) groups is 1. The Morgan fingerprint density at radius 3 is 2.57 bits per heavy atom. The van der Waals surface area contributed by atoms with Crippen molar-refractivity contribution in [1.82, 2.24) is 4.90 Å². The third-order valence-corrected chi connectivity index (χ3v) is 4.57. The van der Waals surface area contributed by atoms with E-state index in [1.807, 2.05) is 19.1 Å². The molecule has 2 rings (SSSR count). The van der Waals surface area contributed by atoms with Crippen LogP contribution >= 0.6 is 24.0 Å². The van der Waals surface area contributed by atoms with Crippen molar-refractivity contribution in [3.8, 4) is 0 Å². The number of carbonyl (C=O) groups is 3. The molecule has 1 aromatic rings. The van der Waals surface area contributed by atoms with Gasteiger partial charge in [-0.25, -0.2) is 0 Å². The van der Waals surface area contributed by atoms with Gasteiger partial charge in [0, 0.05) is 12.4 Å². The molecular weight excluding hydrogens is 338 g/mol. The van der Waals surface area contributed by atoms with Crippen LogP contribution in [0.5, 0.6) is 0 Å². The number of thioether (sulfide) groups is 1. The molecule has 1 fully saturated rings.